The number of hydrogen-bond acceptors (Lipinski definition) is 4. The number of nitrogen functional groups attached to an aromatic ring is 1. The smallest absolute Gasteiger partial charge is 0.241 e. The fourth-order valence-electron chi connectivity index (χ4n) is 1.17. The summed E-state index contributed by atoms with van der Waals surface area (Å²) in [5.74, 6) is 0.486. The van der Waals surface area contributed by atoms with Crippen LogP contribution in [0.25, 0.3) is 0 Å². The van der Waals surface area contributed by atoms with Crippen LogP contribution in [0.1, 0.15) is 6.42 Å². The normalized spacial score (nSPS) is 12.3. The van der Waals surface area contributed by atoms with Crippen LogP contribution in [0, 0.1) is 0 Å². The van der Waals surface area contributed by atoms with Gasteiger partial charge in [-0.1, -0.05) is 0 Å². The van der Waals surface area contributed by atoms with Crippen molar-refractivity contribution in [1.29, 1.82) is 0 Å². The minimum absolute atomic E-state index is 0.120. The average Bonchev–Trinajstić information content (AvgIpc) is 2.58. The van der Waals surface area contributed by atoms with Crippen LogP contribution in [0.5, 0.6) is 0 Å². The van der Waals surface area contributed by atoms with E-state index in [1.807, 2.05) is 0 Å². The topological polar surface area (TPSA) is 90.0 Å². The Hall–Kier alpha value is -1.37. The molecule has 1 amide bonds. The van der Waals surface area contributed by atoms with Crippen LogP contribution in [-0.4, -0.2) is 38.4 Å². The van der Waals surface area contributed by atoms with Crippen molar-refractivity contribution >= 4 is 22.4 Å². The first-order valence-electron chi connectivity index (χ1n) is 4.92. The Kier molecular flexibility index (Phi) is 4.97. The molecule has 0 bridgehead atoms. The van der Waals surface area contributed by atoms with E-state index in [4.69, 9.17) is 5.73 Å². The van der Waals surface area contributed by atoms with E-state index in [1.165, 1.54) is 10.9 Å². The summed E-state index contributed by atoms with van der Waals surface area (Å²) in [5, 5.41) is 6.62. The number of carbonyl (C=O) groups excluding carboxylic acids is 1. The molecule has 0 saturated carbocycles. The number of amides is 1. The van der Waals surface area contributed by atoms with E-state index >= 15 is 0 Å². The fourth-order valence-corrected chi connectivity index (χ4v) is 1.72. The second-order valence-corrected chi connectivity index (χ2v) is 5.01. The molecule has 16 heavy (non-hydrogen) atoms. The predicted molar refractivity (Wildman–Crippen MR) is 63.2 cm³/mol. The third-order valence-electron chi connectivity index (χ3n) is 1.89. The monoisotopic (exact) mass is 244 g/mol. The van der Waals surface area contributed by atoms with Crippen LogP contribution in [0.2, 0.25) is 0 Å². The molecule has 1 rings (SSSR count). The number of nitrogens with zero attached hydrogens (tertiary/aromatic N) is 2. The maximum atomic E-state index is 11.4. The van der Waals surface area contributed by atoms with Gasteiger partial charge < -0.3 is 11.1 Å². The molecule has 6 nitrogen and oxygen atoms in total. The van der Waals surface area contributed by atoms with Crippen molar-refractivity contribution in [2.24, 2.45) is 0 Å². The molecule has 1 heterocycles. The van der Waals surface area contributed by atoms with Crippen molar-refractivity contribution in [3.8, 4) is 0 Å². The largest absolute Gasteiger partial charge is 0.396 e. The van der Waals surface area contributed by atoms with Crippen LogP contribution in [0.3, 0.4) is 0 Å². The standard InChI is InChI=1S/C9H16N4O2S/c1-16(15)4-2-3-11-9(14)7-13-6-8(10)5-12-13/h5-6H,2-4,7,10H2,1H3,(H,11,14). The lowest BCUT2D eigenvalue weighted by molar-refractivity contribution is -0.121. The predicted octanol–water partition coefficient (Wildman–Crippen LogP) is -0.650. The lowest BCUT2D eigenvalue weighted by Crippen LogP contribution is -2.29. The summed E-state index contributed by atoms with van der Waals surface area (Å²) in [6.07, 6.45) is 5.46. The van der Waals surface area contributed by atoms with Crippen LogP contribution in [-0.2, 0) is 22.1 Å². The van der Waals surface area contributed by atoms with Gasteiger partial charge in [0.1, 0.15) is 6.54 Å². The second-order valence-electron chi connectivity index (χ2n) is 3.45. The van der Waals surface area contributed by atoms with Crippen LogP contribution >= 0.6 is 0 Å². The molecule has 0 fully saturated rings. The molecule has 1 atom stereocenters. The number of nitrogens with one attached hydrogen (secondary N) is 1. The summed E-state index contributed by atoms with van der Waals surface area (Å²) < 4.78 is 12.2. The summed E-state index contributed by atoms with van der Waals surface area (Å²) in [6.45, 7) is 0.696. The number of anilines is 1. The molecule has 0 spiro atoms. The van der Waals surface area contributed by atoms with Gasteiger partial charge in [0.2, 0.25) is 5.91 Å². The highest BCUT2D eigenvalue weighted by Crippen LogP contribution is 1.96. The quantitative estimate of drug-likeness (QED) is 0.651. The zero-order valence-electron chi connectivity index (χ0n) is 9.18. The highest BCUT2D eigenvalue weighted by molar-refractivity contribution is 7.84. The van der Waals surface area contributed by atoms with E-state index in [-0.39, 0.29) is 12.5 Å². The van der Waals surface area contributed by atoms with E-state index < -0.39 is 10.8 Å². The van der Waals surface area contributed by atoms with Crippen molar-refractivity contribution in [3.63, 3.8) is 0 Å². The summed E-state index contributed by atoms with van der Waals surface area (Å²) in [7, 11) is -0.800. The first-order valence-corrected chi connectivity index (χ1v) is 6.65. The van der Waals surface area contributed by atoms with Gasteiger partial charge in [-0.2, -0.15) is 5.10 Å². The molecule has 0 aromatic carbocycles. The summed E-state index contributed by atoms with van der Waals surface area (Å²) in [6, 6.07) is 0. The second kappa shape index (κ2) is 6.26. The highest BCUT2D eigenvalue weighted by atomic mass is 32.2. The molecule has 90 valence electrons. The Bertz CT molecular complexity index is 377. The molecular formula is C9H16N4O2S. The van der Waals surface area contributed by atoms with Crippen molar-refractivity contribution in [2.75, 3.05) is 24.3 Å². The van der Waals surface area contributed by atoms with Gasteiger partial charge in [0, 0.05) is 35.5 Å². The molecule has 0 aliphatic carbocycles. The van der Waals surface area contributed by atoms with Gasteiger partial charge in [0.25, 0.3) is 0 Å². The van der Waals surface area contributed by atoms with Crippen molar-refractivity contribution in [3.05, 3.63) is 12.4 Å². The minimum Gasteiger partial charge on any atom is -0.396 e. The molecule has 7 heteroatoms. The summed E-state index contributed by atoms with van der Waals surface area (Å²) >= 11 is 0. The lowest BCUT2D eigenvalue weighted by atomic mass is 10.4. The van der Waals surface area contributed by atoms with E-state index in [9.17, 15) is 9.00 Å². The molecule has 1 aromatic rings. The number of nitrogens with two attached hydrogens (primary N) is 1. The van der Waals surface area contributed by atoms with Gasteiger partial charge in [-0.3, -0.25) is 13.7 Å². The molecule has 0 aliphatic heterocycles. The van der Waals surface area contributed by atoms with E-state index in [2.05, 4.69) is 10.4 Å². The first kappa shape index (κ1) is 12.7. The number of carbonyl (C=O) groups is 1. The lowest BCUT2D eigenvalue weighted by Gasteiger charge is -2.04. The Morgan fingerprint density at radius 2 is 2.44 bits per heavy atom. The van der Waals surface area contributed by atoms with Gasteiger partial charge in [-0.15, -0.1) is 0 Å². The summed E-state index contributed by atoms with van der Waals surface area (Å²) in [4.78, 5) is 11.4. The third-order valence-corrected chi connectivity index (χ3v) is 2.75. The Morgan fingerprint density at radius 1 is 1.69 bits per heavy atom. The number of hydrogen-bond donors (Lipinski definition) is 2. The number of aromatic nitrogens is 2. The van der Waals surface area contributed by atoms with Crippen LogP contribution in [0.15, 0.2) is 12.4 Å². The first-order chi connectivity index (χ1) is 7.58. The van der Waals surface area contributed by atoms with Gasteiger partial charge in [0.05, 0.1) is 11.9 Å². The minimum atomic E-state index is -0.800. The maximum absolute atomic E-state index is 11.4. The van der Waals surface area contributed by atoms with E-state index in [0.29, 0.717) is 18.0 Å². The van der Waals surface area contributed by atoms with E-state index in [1.54, 1.807) is 12.5 Å². The van der Waals surface area contributed by atoms with Gasteiger partial charge >= 0.3 is 0 Å². The van der Waals surface area contributed by atoms with Gasteiger partial charge in [-0.25, -0.2) is 0 Å². The number of rotatable bonds is 6. The SMILES string of the molecule is CS(=O)CCCNC(=O)Cn1cc(N)cn1. The zero-order chi connectivity index (χ0) is 12.0. The van der Waals surface area contributed by atoms with E-state index in [0.717, 1.165) is 6.42 Å². The molecule has 1 aromatic heterocycles. The molecule has 3 N–H and O–H groups in total. The molecule has 0 aliphatic rings. The Balaban J connectivity index is 2.18. The Labute approximate surface area is 96.7 Å². The van der Waals surface area contributed by atoms with Gasteiger partial charge in [0.15, 0.2) is 0 Å². The summed E-state index contributed by atoms with van der Waals surface area (Å²) in [5.41, 5.74) is 6.00. The molecule has 0 saturated heterocycles. The fraction of sp³-hybridized carbons (Fsp3) is 0.556. The molecule has 1 unspecified atom stereocenters. The average molecular weight is 244 g/mol. The van der Waals surface area contributed by atoms with Gasteiger partial charge in [-0.05, 0) is 6.42 Å². The zero-order valence-corrected chi connectivity index (χ0v) is 10.00. The molecule has 0 radical (unpaired) electrons. The third kappa shape index (κ3) is 4.92. The molecular weight excluding hydrogens is 228 g/mol. The Morgan fingerprint density at radius 3 is 3.00 bits per heavy atom. The van der Waals surface area contributed by atoms with Crippen molar-refractivity contribution in [1.82, 2.24) is 15.1 Å². The maximum Gasteiger partial charge on any atom is 0.241 e. The van der Waals surface area contributed by atoms with Crippen LogP contribution < -0.4 is 11.1 Å². The van der Waals surface area contributed by atoms with Crippen LogP contribution in [0.4, 0.5) is 5.69 Å². The highest BCUT2D eigenvalue weighted by Gasteiger charge is 2.03. The van der Waals surface area contributed by atoms with Crippen molar-refractivity contribution < 1.29 is 9.00 Å². The van der Waals surface area contributed by atoms with Crippen molar-refractivity contribution in [2.45, 2.75) is 13.0 Å².